The maximum Gasteiger partial charge on any atom is 0.419 e. The Bertz CT molecular complexity index is 1130. The molecule has 0 aliphatic carbocycles. The average Bonchev–Trinajstić information content (AvgIpc) is 2.95. The van der Waals surface area contributed by atoms with Gasteiger partial charge < -0.3 is 9.15 Å². The molecule has 0 aliphatic rings. The van der Waals surface area contributed by atoms with Crippen LogP contribution in [-0.2, 0) is 13.7 Å². The fourth-order valence-electron chi connectivity index (χ4n) is 2.88. The lowest BCUT2D eigenvalue weighted by Gasteiger charge is -2.12. The molecule has 2 aromatic heterocycles. The van der Waals surface area contributed by atoms with Gasteiger partial charge in [-0.1, -0.05) is 36.4 Å². The van der Waals surface area contributed by atoms with Crippen LogP contribution in [0.3, 0.4) is 0 Å². The first-order valence-corrected chi connectivity index (χ1v) is 8.36. The fraction of sp³-hybridized carbons (Fsp3) is 0.143. The Kier molecular flexibility index (Phi) is 4.05. The lowest BCUT2D eigenvalue weighted by molar-refractivity contribution is 0.295. The number of fused-ring (bicyclic) bond motifs is 1. The molecule has 0 N–H and O–H groups in total. The Hall–Kier alpha value is -3.34. The normalized spacial score (nSPS) is 11.0. The van der Waals surface area contributed by atoms with Crippen LogP contribution in [0.4, 0.5) is 0 Å². The molecule has 2 heterocycles. The van der Waals surface area contributed by atoms with E-state index in [-0.39, 0.29) is 5.76 Å². The molecule has 26 heavy (non-hydrogen) atoms. The number of oxazole rings is 1. The van der Waals surface area contributed by atoms with Crippen LogP contribution < -0.4 is 10.5 Å². The highest BCUT2D eigenvalue weighted by Crippen LogP contribution is 2.31. The Balaban J connectivity index is 1.74. The van der Waals surface area contributed by atoms with Crippen LogP contribution in [0, 0.1) is 6.92 Å². The number of aromatic nitrogens is 2. The molecule has 0 atom stereocenters. The van der Waals surface area contributed by atoms with Crippen LogP contribution >= 0.6 is 0 Å². The van der Waals surface area contributed by atoms with Gasteiger partial charge in [0.25, 0.3) is 0 Å². The molecule has 0 bridgehead atoms. The van der Waals surface area contributed by atoms with Crippen LogP contribution in [0.2, 0.25) is 0 Å². The van der Waals surface area contributed by atoms with Crippen LogP contribution in [0.15, 0.2) is 69.9 Å². The van der Waals surface area contributed by atoms with Crippen molar-refractivity contribution in [2.75, 3.05) is 0 Å². The number of hydrogen-bond acceptors (Lipinski definition) is 4. The predicted octanol–water partition coefficient (Wildman–Crippen LogP) is 4.08. The molecule has 4 aromatic rings. The Morgan fingerprint density at radius 1 is 1.08 bits per heavy atom. The third-order valence-electron chi connectivity index (χ3n) is 4.32. The van der Waals surface area contributed by atoms with Gasteiger partial charge in [-0.15, -0.1) is 0 Å². The summed E-state index contributed by atoms with van der Waals surface area (Å²) in [6.45, 7) is 2.37. The van der Waals surface area contributed by atoms with E-state index in [1.165, 1.54) is 4.57 Å². The van der Waals surface area contributed by atoms with Crippen LogP contribution in [-0.4, -0.2) is 9.55 Å². The minimum absolute atomic E-state index is 0.375. The van der Waals surface area contributed by atoms with Crippen molar-refractivity contribution in [3.8, 4) is 17.0 Å². The fourth-order valence-corrected chi connectivity index (χ4v) is 2.88. The number of aryl methyl sites for hydroxylation is 2. The number of benzene rings is 2. The number of nitrogens with zero attached hydrogens (tertiary/aromatic N) is 2. The minimum Gasteiger partial charge on any atom is -0.472 e. The van der Waals surface area contributed by atoms with E-state index in [4.69, 9.17) is 9.15 Å². The van der Waals surface area contributed by atoms with E-state index in [1.807, 2.05) is 61.5 Å². The van der Waals surface area contributed by atoms with Crippen molar-refractivity contribution in [3.05, 3.63) is 82.5 Å². The standard InChI is InChI=1S/C21H18N2O3/c1-14-8-10-17(20(22-14)25-13-15-6-4-3-5-7-15)16-9-11-19-18(12-16)23(2)21(24)26-19/h3-12H,13H2,1-2H3. The highest BCUT2D eigenvalue weighted by Gasteiger charge is 2.12. The van der Waals surface area contributed by atoms with E-state index in [1.54, 1.807) is 13.1 Å². The Labute approximate surface area is 150 Å². The third-order valence-corrected chi connectivity index (χ3v) is 4.32. The molecular weight excluding hydrogens is 328 g/mol. The summed E-state index contributed by atoms with van der Waals surface area (Å²) in [5.41, 5.74) is 5.06. The highest BCUT2D eigenvalue weighted by atomic mass is 16.5. The zero-order valence-corrected chi connectivity index (χ0v) is 14.6. The monoisotopic (exact) mass is 346 g/mol. The maximum absolute atomic E-state index is 11.7. The van der Waals surface area contributed by atoms with Crippen molar-refractivity contribution in [2.24, 2.45) is 7.05 Å². The highest BCUT2D eigenvalue weighted by molar-refractivity contribution is 5.82. The smallest absolute Gasteiger partial charge is 0.419 e. The molecule has 0 saturated carbocycles. The zero-order valence-electron chi connectivity index (χ0n) is 14.6. The average molecular weight is 346 g/mol. The van der Waals surface area contributed by atoms with Crippen molar-refractivity contribution in [3.63, 3.8) is 0 Å². The number of rotatable bonds is 4. The summed E-state index contributed by atoms with van der Waals surface area (Å²) in [6.07, 6.45) is 0. The lowest BCUT2D eigenvalue weighted by atomic mass is 10.1. The van der Waals surface area contributed by atoms with Crippen molar-refractivity contribution in [2.45, 2.75) is 13.5 Å². The van der Waals surface area contributed by atoms with E-state index >= 15 is 0 Å². The van der Waals surface area contributed by atoms with E-state index in [9.17, 15) is 4.79 Å². The molecule has 0 fully saturated rings. The van der Waals surface area contributed by atoms with E-state index in [0.29, 0.717) is 18.1 Å². The predicted molar refractivity (Wildman–Crippen MR) is 100 cm³/mol. The molecule has 4 rings (SSSR count). The van der Waals surface area contributed by atoms with Gasteiger partial charge in [0, 0.05) is 18.3 Å². The largest absolute Gasteiger partial charge is 0.472 e. The first-order chi connectivity index (χ1) is 12.6. The SMILES string of the molecule is Cc1ccc(-c2ccc3oc(=O)n(C)c3c2)c(OCc2ccccc2)n1. The van der Waals surface area contributed by atoms with Crippen LogP contribution in [0.25, 0.3) is 22.2 Å². The van der Waals surface area contributed by atoms with Gasteiger partial charge in [-0.05, 0) is 42.3 Å². The van der Waals surface area contributed by atoms with Gasteiger partial charge in [0.05, 0.1) is 5.52 Å². The molecule has 130 valence electrons. The van der Waals surface area contributed by atoms with Gasteiger partial charge in [-0.2, -0.15) is 0 Å². The van der Waals surface area contributed by atoms with Gasteiger partial charge in [0.2, 0.25) is 5.88 Å². The summed E-state index contributed by atoms with van der Waals surface area (Å²) in [5, 5.41) is 0. The first kappa shape index (κ1) is 16.1. The molecule has 5 nitrogen and oxygen atoms in total. The molecule has 0 amide bonds. The molecular formula is C21H18N2O3. The van der Waals surface area contributed by atoms with E-state index < -0.39 is 0 Å². The summed E-state index contributed by atoms with van der Waals surface area (Å²) in [7, 11) is 1.69. The summed E-state index contributed by atoms with van der Waals surface area (Å²) >= 11 is 0. The third kappa shape index (κ3) is 2.99. The van der Waals surface area contributed by atoms with E-state index in [2.05, 4.69) is 4.98 Å². The van der Waals surface area contributed by atoms with E-state index in [0.717, 1.165) is 27.9 Å². The van der Waals surface area contributed by atoms with Gasteiger partial charge in [0.15, 0.2) is 5.58 Å². The summed E-state index contributed by atoms with van der Waals surface area (Å²) in [4.78, 5) is 16.3. The van der Waals surface area contributed by atoms with Crippen molar-refractivity contribution in [1.82, 2.24) is 9.55 Å². The minimum atomic E-state index is -0.375. The first-order valence-electron chi connectivity index (χ1n) is 8.36. The molecule has 5 heteroatoms. The molecule has 2 aromatic carbocycles. The maximum atomic E-state index is 11.7. The van der Waals surface area contributed by atoms with Gasteiger partial charge in [-0.25, -0.2) is 9.78 Å². The van der Waals surface area contributed by atoms with Crippen molar-refractivity contribution in [1.29, 1.82) is 0 Å². The number of hydrogen-bond donors (Lipinski definition) is 0. The molecule has 0 aliphatic heterocycles. The molecule has 0 saturated heterocycles. The second-order valence-corrected chi connectivity index (χ2v) is 6.19. The lowest BCUT2D eigenvalue weighted by Crippen LogP contribution is -2.08. The van der Waals surface area contributed by atoms with Gasteiger partial charge >= 0.3 is 5.76 Å². The van der Waals surface area contributed by atoms with Gasteiger partial charge in [0.1, 0.15) is 6.61 Å². The quantitative estimate of drug-likeness (QED) is 0.559. The topological polar surface area (TPSA) is 57.3 Å². The number of pyridine rings is 1. The van der Waals surface area contributed by atoms with Crippen molar-refractivity contribution < 1.29 is 9.15 Å². The second kappa shape index (κ2) is 6.52. The number of ether oxygens (including phenoxy) is 1. The second-order valence-electron chi connectivity index (χ2n) is 6.19. The molecule has 0 spiro atoms. The molecule has 0 unspecified atom stereocenters. The summed E-state index contributed by atoms with van der Waals surface area (Å²) < 4.78 is 12.7. The zero-order chi connectivity index (χ0) is 18.1. The van der Waals surface area contributed by atoms with Crippen LogP contribution in [0.1, 0.15) is 11.3 Å². The molecule has 0 radical (unpaired) electrons. The van der Waals surface area contributed by atoms with Crippen LogP contribution in [0.5, 0.6) is 5.88 Å². The van der Waals surface area contributed by atoms with Crippen molar-refractivity contribution >= 4 is 11.1 Å². The van der Waals surface area contributed by atoms with Gasteiger partial charge in [-0.3, -0.25) is 4.57 Å². The summed E-state index contributed by atoms with van der Waals surface area (Å²) in [5.74, 6) is 0.196. The summed E-state index contributed by atoms with van der Waals surface area (Å²) in [6, 6.07) is 19.5. The Morgan fingerprint density at radius 2 is 1.88 bits per heavy atom. The Morgan fingerprint density at radius 3 is 2.69 bits per heavy atom.